The van der Waals surface area contributed by atoms with E-state index in [9.17, 15) is 5.11 Å². The highest BCUT2D eigenvalue weighted by Crippen LogP contribution is 2.48. The van der Waals surface area contributed by atoms with Crippen LogP contribution in [0.5, 0.6) is 5.75 Å². The molecule has 5 rings (SSSR count). The van der Waals surface area contributed by atoms with E-state index in [0.717, 1.165) is 39.1 Å². The molecule has 1 saturated heterocycles. The van der Waals surface area contributed by atoms with E-state index >= 15 is 0 Å². The minimum Gasteiger partial charge on any atom is -0.497 e. The van der Waals surface area contributed by atoms with Crippen molar-refractivity contribution in [3.05, 3.63) is 76.2 Å². The third-order valence-corrected chi connectivity index (χ3v) is 17.7. The molecule has 0 radical (unpaired) electrons. The first kappa shape index (κ1) is 39.2. The molecule has 9 nitrogen and oxygen atoms in total. The molecule has 1 fully saturated rings. The van der Waals surface area contributed by atoms with Gasteiger partial charge >= 0.3 is 0 Å². The maximum atomic E-state index is 12.3. The number of oxazole rings is 1. The van der Waals surface area contributed by atoms with E-state index in [1.165, 1.54) is 0 Å². The molecule has 2 aromatic carbocycles. The summed E-state index contributed by atoms with van der Waals surface area (Å²) in [6.07, 6.45) is 1.57. The van der Waals surface area contributed by atoms with E-state index in [2.05, 4.69) is 72.4 Å². The topological polar surface area (TPSA) is 102 Å². The van der Waals surface area contributed by atoms with Gasteiger partial charge in [-0.05, 0) is 64.4 Å². The Kier molecular flexibility index (Phi) is 12.9. The van der Waals surface area contributed by atoms with Crippen molar-refractivity contribution in [1.29, 1.82) is 0 Å². The molecule has 51 heavy (non-hydrogen) atoms. The summed E-state index contributed by atoms with van der Waals surface area (Å²) in [6, 6.07) is 11.9. The number of benzene rings is 2. The fourth-order valence-corrected chi connectivity index (χ4v) is 14.6. The van der Waals surface area contributed by atoms with Crippen LogP contribution in [-0.2, 0) is 42.5 Å². The molecule has 2 aliphatic rings. The maximum absolute atomic E-state index is 12.3. The second kappa shape index (κ2) is 16.8. The average molecular weight is 720 g/mol. The van der Waals surface area contributed by atoms with Gasteiger partial charge in [0.15, 0.2) is 31.4 Å². The Hall–Kier alpha value is -3.01. The van der Waals surface area contributed by atoms with Crippen molar-refractivity contribution in [3.8, 4) is 17.6 Å². The Labute approximate surface area is 305 Å². The number of methoxy groups -OCH3 is 3. The number of rotatable bonds is 15. The SMILES string of the molecule is COc1ccc(COC(C#CC(C)c2ccc3c(c2C(O)c2cnc([Si](C(C)C)(C(C)C)C(C)C)o2)CCC32OCCO2)CC(OC)OC)cc1. The molecule has 1 aliphatic heterocycles. The van der Waals surface area contributed by atoms with Crippen molar-refractivity contribution in [1.82, 2.24) is 4.98 Å². The van der Waals surface area contributed by atoms with Gasteiger partial charge in [0.05, 0.1) is 33.1 Å². The van der Waals surface area contributed by atoms with Gasteiger partial charge in [0.1, 0.15) is 18.0 Å². The molecule has 3 atom stereocenters. The summed E-state index contributed by atoms with van der Waals surface area (Å²) >= 11 is 0. The average Bonchev–Trinajstić information content (AvgIpc) is 3.89. The van der Waals surface area contributed by atoms with Crippen LogP contribution in [0, 0.1) is 11.8 Å². The quantitative estimate of drug-likeness (QED) is 0.0973. The summed E-state index contributed by atoms with van der Waals surface area (Å²) in [5.41, 5.74) is 6.77. The Morgan fingerprint density at radius 2 is 1.53 bits per heavy atom. The van der Waals surface area contributed by atoms with Gasteiger partial charge in [0.2, 0.25) is 0 Å². The molecule has 0 saturated carbocycles. The van der Waals surface area contributed by atoms with Crippen LogP contribution in [0.1, 0.15) is 107 Å². The monoisotopic (exact) mass is 719 g/mol. The summed E-state index contributed by atoms with van der Waals surface area (Å²) in [5, 5.41) is 12.3. The van der Waals surface area contributed by atoms with Crippen molar-refractivity contribution in [2.75, 3.05) is 34.5 Å². The number of hydrogen-bond acceptors (Lipinski definition) is 9. The van der Waals surface area contributed by atoms with E-state index in [1.54, 1.807) is 27.5 Å². The summed E-state index contributed by atoms with van der Waals surface area (Å²) in [4.78, 5) is 4.91. The van der Waals surface area contributed by atoms with Crippen molar-refractivity contribution in [3.63, 3.8) is 0 Å². The summed E-state index contributed by atoms with van der Waals surface area (Å²) in [5.74, 6) is 7.04. The first-order valence-electron chi connectivity index (χ1n) is 18.3. The lowest BCUT2D eigenvalue weighted by Gasteiger charge is -2.39. The van der Waals surface area contributed by atoms with Gasteiger partial charge in [-0.25, -0.2) is 4.98 Å². The van der Waals surface area contributed by atoms with E-state index in [-0.39, 0.29) is 5.92 Å². The normalized spacial score (nSPS) is 17.3. The van der Waals surface area contributed by atoms with Crippen molar-refractivity contribution < 1.29 is 37.9 Å². The zero-order chi connectivity index (χ0) is 36.9. The highest BCUT2D eigenvalue weighted by molar-refractivity contribution is 6.93. The van der Waals surface area contributed by atoms with E-state index in [0.29, 0.717) is 61.5 Å². The van der Waals surface area contributed by atoms with E-state index in [1.807, 2.05) is 24.3 Å². The number of aliphatic hydroxyl groups excluding tert-OH is 1. The number of hydrogen-bond donors (Lipinski definition) is 1. The summed E-state index contributed by atoms with van der Waals surface area (Å²) < 4.78 is 41.7. The fraction of sp³-hybridized carbons (Fsp3) is 0.585. The first-order valence-corrected chi connectivity index (χ1v) is 20.5. The van der Waals surface area contributed by atoms with Gasteiger partial charge in [-0.15, -0.1) is 0 Å². The lowest BCUT2D eigenvalue weighted by Crippen LogP contribution is -2.56. The number of ether oxygens (including phenoxy) is 6. The summed E-state index contributed by atoms with van der Waals surface area (Å²) in [7, 11) is 2.68. The van der Waals surface area contributed by atoms with Crippen LogP contribution < -0.4 is 10.3 Å². The highest BCUT2D eigenvalue weighted by atomic mass is 28.3. The Morgan fingerprint density at radius 3 is 2.12 bits per heavy atom. The first-order chi connectivity index (χ1) is 24.4. The van der Waals surface area contributed by atoms with Gasteiger partial charge in [-0.2, -0.15) is 0 Å². The predicted molar refractivity (Wildman–Crippen MR) is 200 cm³/mol. The maximum Gasteiger partial charge on any atom is 0.195 e. The molecule has 3 aromatic rings. The van der Waals surface area contributed by atoms with Gasteiger partial charge in [-0.3, -0.25) is 0 Å². The van der Waals surface area contributed by atoms with Crippen LogP contribution in [-0.4, -0.2) is 65.1 Å². The fourth-order valence-electron chi connectivity index (χ4n) is 8.53. The second-order valence-corrected chi connectivity index (χ2v) is 20.5. The van der Waals surface area contributed by atoms with Gasteiger partial charge < -0.3 is 37.9 Å². The molecule has 1 aromatic heterocycles. The molecule has 278 valence electrons. The minimum atomic E-state index is -2.19. The van der Waals surface area contributed by atoms with Gasteiger partial charge in [-0.1, -0.05) is 77.6 Å². The molecule has 1 N–H and O–H groups in total. The molecule has 10 heteroatoms. The van der Waals surface area contributed by atoms with Crippen LogP contribution in [0.2, 0.25) is 16.6 Å². The van der Waals surface area contributed by atoms with E-state index in [4.69, 9.17) is 37.8 Å². The third kappa shape index (κ3) is 7.86. The number of aromatic nitrogens is 1. The molecule has 3 unspecified atom stereocenters. The lowest BCUT2D eigenvalue weighted by atomic mass is 9.86. The third-order valence-electron chi connectivity index (χ3n) is 11.0. The summed E-state index contributed by atoms with van der Waals surface area (Å²) in [6.45, 7) is 17.2. The molecule has 1 spiro atoms. The van der Waals surface area contributed by atoms with E-state index < -0.39 is 32.4 Å². The molecule has 0 bridgehead atoms. The van der Waals surface area contributed by atoms with Crippen LogP contribution in [0.4, 0.5) is 0 Å². The van der Waals surface area contributed by atoms with Crippen molar-refractivity contribution in [2.45, 2.75) is 121 Å². The molecular formula is C41H57NO8Si. The van der Waals surface area contributed by atoms with Crippen LogP contribution >= 0.6 is 0 Å². The van der Waals surface area contributed by atoms with Gasteiger partial charge in [0.25, 0.3) is 0 Å². The number of fused-ring (bicyclic) bond motifs is 2. The Morgan fingerprint density at radius 1 is 0.882 bits per heavy atom. The zero-order valence-electron chi connectivity index (χ0n) is 32.1. The lowest BCUT2D eigenvalue weighted by molar-refractivity contribution is -0.163. The molecular weight excluding hydrogens is 663 g/mol. The smallest absolute Gasteiger partial charge is 0.195 e. The number of aliphatic hydroxyl groups is 1. The van der Waals surface area contributed by atoms with Crippen LogP contribution in [0.15, 0.2) is 47.0 Å². The van der Waals surface area contributed by atoms with Crippen LogP contribution in [0.25, 0.3) is 0 Å². The second-order valence-electron chi connectivity index (χ2n) is 14.7. The van der Waals surface area contributed by atoms with Crippen LogP contribution in [0.3, 0.4) is 0 Å². The molecule has 1 aliphatic carbocycles. The predicted octanol–water partition coefficient (Wildman–Crippen LogP) is 7.50. The zero-order valence-corrected chi connectivity index (χ0v) is 33.1. The van der Waals surface area contributed by atoms with Crippen molar-refractivity contribution in [2.24, 2.45) is 0 Å². The Bertz CT molecular complexity index is 1620. The highest BCUT2D eigenvalue weighted by Gasteiger charge is 2.50. The molecule has 0 amide bonds. The van der Waals surface area contributed by atoms with Crippen molar-refractivity contribution >= 4 is 13.6 Å². The van der Waals surface area contributed by atoms with Gasteiger partial charge in [0, 0.05) is 38.5 Å². The number of nitrogens with zero attached hydrogens (tertiary/aromatic N) is 1. The largest absolute Gasteiger partial charge is 0.497 e. The molecule has 2 heterocycles. The minimum absolute atomic E-state index is 0.254. The standard InChI is InChI=1S/C41H57NO8Si/c1-26(2)51(27(3)4,28(5)6)40-42-24-36(50-40)39(43)38-33(17-18-35-34(38)19-20-41(35)48-21-22-49-41)29(7)11-14-32(23-37(45-9)46-10)47-25-30-12-15-31(44-8)16-13-30/h12-13,15-18,24,26-29,32,37,39,43H,19-23,25H2,1-10H3. The Balaban J connectivity index is 1.52.